The molecule has 10 heteroatoms. The van der Waals surface area contributed by atoms with Crippen LogP contribution < -0.4 is 16.0 Å². The molecule has 3 aromatic rings. The number of amides is 2. The number of carbonyl (C=O) groups excluding carboxylic acids is 2. The monoisotopic (exact) mass is 394 g/mol. The van der Waals surface area contributed by atoms with Gasteiger partial charge in [0.15, 0.2) is 5.65 Å². The molecular weight excluding hydrogens is 372 g/mol. The van der Waals surface area contributed by atoms with Crippen molar-refractivity contribution < 1.29 is 9.59 Å². The Morgan fingerprint density at radius 3 is 2.52 bits per heavy atom. The molecule has 0 saturated carbocycles. The van der Waals surface area contributed by atoms with Gasteiger partial charge in [-0.1, -0.05) is 0 Å². The summed E-state index contributed by atoms with van der Waals surface area (Å²) in [6, 6.07) is 6.53. The van der Waals surface area contributed by atoms with E-state index in [0.717, 1.165) is 43.0 Å². The molecule has 1 aliphatic rings. The van der Waals surface area contributed by atoms with Crippen LogP contribution in [0.5, 0.6) is 0 Å². The van der Waals surface area contributed by atoms with Crippen molar-refractivity contribution in [2.75, 3.05) is 42.9 Å². The highest BCUT2D eigenvalue weighted by molar-refractivity contribution is 5.95. The second-order valence-corrected chi connectivity index (χ2v) is 6.96. The lowest BCUT2D eigenvalue weighted by Gasteiger charge is -2.35. The maximum absolute atomic E-state index is 12.3. The number of aromatic nitrogens is 4. The normalized spacial score (nSPS) is 14.9. The van der Waals surface area contributed by atoms with Gasteiger partial charge in [0.2, 0.25) is 11.8 Å². The summed E-state index contributed by atoms with van der Waals surface area (Å²) in [5.41, 5.74) is 7.08. The van der Waals surface area contributed by atoms with E-state index in [1.807, 2.05) is 7.05 Å². The summed E-state index contributed by atoms with van der Waals surface area (Å²) in [5.74, 6) is 0.289. The number of nitrogens with one attached hydrogen (secondary N) is 1. The van der Waals surface area contributed by atoms with Gasteiger partial charge < -0.3 is 16.0 Å². The smallest absolute Gasteiger partial charge is 0.248 e. The molecule has 0 atom stereocenters. The molecule has 3 heterocycles. The van der Waals surface area contributed by atoms with Crippen LogP contribution in [0.15, 0.2) is 36.8 Å². The fourth-order valence-electron chi connectivity index (χ4n) is 3.44. The van der Waals surface area contributed by atoms with E-state index in [1.165, 1.54) is 0 Å². The van der Waals surface area contributed by atoms with Crippen LogP contribution in [-0.2, 0) is 11.8 Å². The van der Waals surface area contributed by atoms with Gasteiger partial charge in [0.05, 0.1) is 18.1 Å². The van der Waals surface area contributed by atoms with Crippen LogP contribution in [0, 0.1) is 0 Å². The van der Waals surface area contributed by atoms with Gasteiger partial charge in [0.25, 0.3) is 0 Å². The number of aryl methyl sites for hydroxylation is 1. The molecule has 1 saturated heterocycles. The van der Waals surface area contributed by atoms with Crippen molar-refractivity contribution >= 4 is 34.4 Å². The molecule has 29 heavy (non-hydrogen) atoms. The topological polar surface area (TPSA) is 122 Å². The Morgan fingerprint density at radius 2 is 1.83 bits per heavy atom. The Bertz CT molecular complexity index is 1040. The Kier molecular flexibility index (Phi) is 5.09. The summed E-state index contributed by atoms with van der Waals surface area (Å²) in [4.78, 5) is 36.5. The fraction of sp³-hybridized carbons (Fsp3) is 0.316. The van der Waals surface area contributed by atoms with Gasteiger partial charge in [-0.25, -0.2) is 9.97 Å². The lowest BCUT2D eigenvalue weighted by molar-refractivity contribution is -0.117. The predicted molar refractivity (Wildman–Crippen MR) is 109 cm³/mol. The van der Waals surface area contributed by atoms with E-state index < -0.39 is 5.91 Å². The zero-order chi connectivity index (χ0) is 20.4. The van der Waals surface area contributed by atoms with Crippen molar-refractivity contribution in [1.82, 2.24) is 24.6 Å². The lowest BCUT2D eigenvalue weighted by atomic mass is 10.2. The van der Waals surface area contributed by atoms with Crippen molar-refractivity contribution in [3.8, 4) is 0 Å². The maximum atomic E-state index is 12.3. The third kappa shape index (κ3) is 4.02. The predicted octanol–water partition coefficient (Wildman–Crippen LogP) is 0.223. The van der Waals surface area contributed by atoms with Crippen LogP contribution in [0.1, 0.15) is 10.4 Å². The quantitative estimate of drug-likeness (QED) is 0.635. The molecule has 10 nitrogen and oxygen atoms in total. The molecule has 0 bridgehead atoms. The fourth-order valence-corrected chi connectivity index (χ4v) is 3.44. The number of piperazine rings is 1. The minimum absolute atomic E-state index is 0.0954. The summed E-state index contributed by atoms with van der Waals surface area (Å²) in [7, 11) is 1.86. The average molecular weight is 394 g/mol. The number of primary amides is 1. The maximum Gasteiger partial charge on any atom is 0.248 e. The molecule has 1 fully saturated rings. The van der Waals surface area contributed by atoms with E-state index >= 15 is 0 Å². The number of fused-ring (bicyclic) bond motifs is 1. The van der Waals surface area contributed by atoms with E-state index in [2.05, 4.69) is 30.2 Å². The molecule has 0 aliphatic carbocycles. The molecule has 2 amide bonds. The highest BCUT2D eigenvalue weighted by Crippen LogP contribution is 2.23. The van der Waals surface area contributed by atoms with E-state index in [4.69, 9.17) is 5.73 Å². The summed E-state index contributed by atoms with van der Waals surface area (Å²) in [6.07, 6.45) is 3.34. The van der Waals surface area contributed by atoms with E-state index in [9.17, 15) is 9.59 Å². The first-order chi connectivity index (χ1) is 14.0. The van der Waals surface area contributed by atoms with Gasteiger partial charge in [-0.2, -0.15) is 5.10 Å². The Morgan fingerprint density at radius 1 is 1.10 bits per heavy atom. The molecular formula is C19H22N8O2. The van der Waals surface area contributed by atoms with Crippen LogP contribution in [0.2, 0.25) is 0 Å². The number of benzene rings is 1. The summed E-state index contributed by atoms with van der Waals surface area (Å²) in [5, 5.41) is 8.04. The first kappa shape index (κ1) is 18.8. The van der Waals surface area contributed by atoms with Gasteiger partial charge in [0, 0.05) is 44.5 Å². The number of nitrogens with zero attached hydrogens (tertiary/aromatic N) is 6. The molecule has 0 radical (unpaired) electrons. The molecule has 1 aliphatic heterocycles. The molecule has 3 N–H and O–H groups in total. The average Bonchev–Trinajstić information content (AvgIpc) is 3.10. The summed E-state index contributed by atoms with van der Waals surface area (Å²) >= 11 is 0. The SMILES string of the molecule is Cn1ncc2c(N3CCN(CC(=O)Nc4ccc(C(N)=O)cc4)CC3)ncnc21. The Balaban J connectivity index is 1.32. The van der Waals surface area contributed by atoms with Crippen molar-refractivity contribution in [3.05, 3.63) is 42.4 Å². The number of rotatable bonds is 5. The van der Waals surface area contributed by atoms with Gasteiger partial charge in [0.1, 0.15) is 12.1 Å². The minimum Gasteiger partial charge on any atom is -0.366 e. The van der Waals surface area contributed by atoms with Crippen LogP contribution in [0.25, 0.3) is 11.0 Å². The molecule has 2 aromatic heterocycles. The zero-order valence-corrected chi connectivity index (χ0v) is 16.1. The number of carbonyl (C=O) groups is 2. The highest BCUT2D eigenvalue weighted by atomic mass is 16.2. The number of hydrogen-bond donors (Lipinski definition) is 2. The van der Waals surface area contributed by atoms with Crippen molar-refractivity contribution in [3.63, 3.8) is 0 Å². The zero-order valence-electron chi connectivity index (χ0n) is 16.1. The van der Waals surface area contributed by atoms with E-state index in [0.29, 0.717) is 17.8 Å². The van der Waals surface area contributed by atoms with Crippen LogP contribution in [-0.4, -0.2) is 69.2 Å². The van der Waals surface area contributed by atoms with Crippen LogP contribution >= 0.6 is 0 Å². The van der Waals surface area contributed by atoms with Gasteiger partial charge in [-0.15, -0.1) is 0 Å². The van der Waals surface area contributed by atoms with Crippen LogP contribution in [0.4, 0.5) is 11.5 Å². The van der Waals surface area contributed by atoms with Gasteiger partial charge in [-0.05, 0) is 24.3 Å². The van der Waals surface area contributed by atoms with E-state index in [1.54, 1.807) is 41.5 Å². The van der Waals surface area contributed by atoms with Crippen LogP contribution in [0.3, 0.4) is 0 Å². The third-order valence-corrected chi connectivity index (χ3v) is 5.00. The molecule has 0 spiro atoms. The number of hydrogen-bond acceptors (Lipinski definition) is 7. The molecule has 150 valence electrons. The van der Waals surface area contributed by atoms with E-state index in [-0.39, 0.29) is 5.91 Å². The van der Waals surface area contributed by atoms with Crippen molar-refractivity contribution in [2.45, 2.75) is 0 Å². The number of nitrogens with two attached hydrogens (primary N) is 1. The molecule has 4 rings (SSSR count). The highest BCUT2D eigenvalue weighted by Gasteiger charge is 2.22. The lowest BCUT2D eigenvalue weighted by Crippen LogP contribution is -2.49. The molecule has 1 aromatic carbocycles. The second-order valence-electron chi connectivity index (χ2n) is 6.96. The third-order valence-electron chi connectivity index (χ3n) is 5.00. The summed E-state index contributed by atoms with van der Waals surface area (Å²) < 4.78 is 1.73. The minimum atomic E-state index is -0.493. The standard InChI is InChI=1S/C19H22N8O2/c1-25-18-15(10-23-25)19(22-12-21-18)27-8-6-26(7-9-27)11-16(28)24-14-4-2-13(3-5-14)17(20)29/h2-5,10,12H,6-9,11H2,1H3,(H2,20,29)(H,24,28). The molecule has 0 unspecified atom stereocenters. The number of anilines is 2. The largest absolute Gasteiger partial charge is 0.366 e. The first-order valence-corrected chi connectivity index (χ1v) is 9.31. The summed E-state index contributed by atoms with van der Waals surface area (Å²) in [6.45, 7) is 3.33. The van der Waals surface area contributed by atoms with Gasteiger partial charge >= 0.3 is 0 Å². The van der Waals surface area contributed by atoms with Crippen molar-refractivity contribution in [1.29, 1.82) is 0 Å². The van der Waals surface area contributed by atoms with Gasteiger partial charge in [-0.3, -0.25) is 19.2 Å². The second kappa shape index (κ2) is 7.84. The Hall–Kier alpha value is -3.53. The van der Waals surface area contributed by atoms with Crippen molar-refractivity contribution in [2.24, 2.45) is 12.8 Å². The Labute approximate surface area is 167 Å². The first-order valence-electron chi connectivity index (χ1n) is 9.31.